The maximum Gasteiger partial charge on any atom is 0.237 e. The van der Waals surface area contributed by atoms with Crippen molar-refractivity contribution in [2.45, 2.75) is 18.9 Å². The average molecular weight is 297 g/mol. The lowest BCUT2D eigenvalue weighted by atomic mass is 10.1. The van der Waals surface area contributed by atoms with Gasteiger partial charge in [-0.2, -0.15) is 0 Å². The molecule has 1 aromatic carbocycles. The zero-order valence-electron chi connectivity index (χ0n) is 12.2. The van der Waals surface area contributed by atoms with Gasteiger partial charge in [0.2, 0.25) is 5.91 Å². The van der Waals surface area contributed by atoms with Gasteiger partial charge in [0, 0.05) is 42.0 Å². The van der Waals surface area contributed by atoms with Crippen molar-refractivity contribution in [3.8, 4) is 0 Å². The van der Waals surface area contributed by atoms with Crippen LogP contribution >= 0.6 is 0 Å². The van der Waals surface area contributed by atoms with E-state index in [4.69, 9.17) is 5.73 Å². The fourth-order valence-electron chi connectivity index (χ4n) is 2.52. The van der Waals surface area contributed by atoms with Crippen LogP contribution in [-0.2, 0) is 17.6 Å². The number of carbonyl (C=O) groups is 1. The molecule has 1 amide bonds. The number of imidazole rings is 1. The molecule has 0 aliphatic rings. The summed E-state index contributed by atoms with van der Waals surface area (Å²) in [7, 11) is 0. The molecule has 3 rings (SSSR count). The van der Waals surface area contributed by atoms with Crippen molar-refractivity contribution in [1.82, 2.24) is 20.3 Å². The average Bonchev–Trinajstić information content (AvgIpc) is 3.17. The van der Waals surface area contributed by atoms with Crippen molar-refractivity contribution < 1.29 is 4.79 Å². The predicted octanol–water partition coefficient (Wildman–Crippen LogP) is 1.12. The number of hydrogen-bond acceptors (Lipinski definition) is 3. The molecule has 0 bridgehead atoms. The molecule has 2 heterocycles. The van der Waals surface area contributed by atoms with Crippen LogP contribution in [0.15, 0.2) is 43.0 Å². The van der Waals surface area contributed by atoms with E-state index >= 15 is 0 Å². The highest BCUT2D eigenvalue weighted by Crippen LogP contribution is 2.17. The topological polar surface area (TPSA) is 99.6 Å². The number of fused-ring (bicyclic) bond motifs is 1. The maximum absolute atomic E-state index is 12.0. The van der Waals surface area contributed by atoms with Crippen LogP contribution in [0.5, 0.6) is 0 Å². The molecule has 0 spiro atoms. The Balaban J connectivity index is 1.51. The first kappa shape index (κ1) is 14.3. The molecule has 22 heavy (non-hydrogen) atoms. The molecule has 0 saturated carbocycles. The van der Waals surface area contributed by atoms with Gasteiger partial charge in [0.05, 0.1) is 12.4 Å². The lowest BCUT2D eigenvalue weighted by Crippen LogP contribution is -2.42. The van der Waals surface area contributed by atoms with E-state index in [0.717, 1.165) is 17.6 Å². The Labute approximate surface area is 128 Å². The van der Waals surface area contributed by atoms with Gasteiger partial charge in [0.15, 0.2) is 0 Å². The largest absolute Gasteiger partial charge is 0.361 e. The Kier molecular flexibility index (Phi) is 4.20. The molecule has 3 aromatic rings. The van der Waals surface area contributed by atoms with Crippen molar-refractivity contribution in [2.75, 3.05) is 6.54 Å². The summed E-state index contributed by atoms with van der Waals surface area (Å²) >= 11 is 0. The predicted molar refractivity (Wildman–Crippen MR) is 85.3 cm³/mol. The Morgan fingerprint density at radius 2 is 2.18 bits per heavy atom. The molecule has 6 nitrogen and oxygen atoms in total. The summed E-state index contributed by atoms with van der Waals surface area (Å²) in [6, 6.07) is 7.56. The van der Waals surface area contributed by atoms with E-state index in [9.17, 15) is 4.79 Å². The first-order valence-electron chi connectivity index (χ1n) is 7.29. The summed E-state index contributed by atoms with van der Waals surface area (Å²) in [6.07, 6.45) is 6.48. The number of carbonyl (C=O) groups excluding carboxylic acids is 1. The van der Waals surface area contributed by atoms with E-state index in [0.29, 0.717) is 13.0 Å². The van der Waals surface area contributed by atoms with Gasteiger partial charge in [-0.05, 0) is 18.1 Å². The zero-order valence-corrected chi connectivity index (χ0v) is 12.2. The smallest absolute Gasteiger partial charge is 0.237 e. The van der Waals surface area contributed by atoms with Gasteiger partial charge >= 0.3 is 0 Å². The number of benzene rings is 1. The number of amides is 1. The van der Waals surface area contributed by atoms with E-state index in [1.807, 2.05) is 24.4 Å². The third kappa shape index (κ3) is 3.17. The Morgan fingerprint density at radius 1 is 1.32 bits per heavy atom. The summed E-state index contributed by atoms with van der Waals surface area (Å²) in [5.41, 5.74) is 9.06. The number of aromatic amines is 2. The van der Waals surface area contributed by atoms with Crippen LogP contribution in [-0.4, -0.2) is 33.4 Å². The molecule has 6 heteroatoms. The third-order valence-electron chi connectivity index (χ3n) is 3.70. The van der Waals surface area contributed by atoms with E-state index in [1.54, 1.807) is 12.5 Å². The van der Waals surface area contributed by atoms with Gasteiger partial charge in [-0.25, -0.2) is 4.98 Å². The van der Waals surface area contributed by atoms with Crippen LogP contribution in [0.25, 0.3) is 10.9 Å². The standard InChI is InChI=1S/C16H19N5O/c17-14(7-12-9-18-10-21-12)16(22)19-6-5-11-8-20-15-4-2-1-3-13(11)15/h1-4,8-10,14,20H,5-7,17H2,(H,18,21)(H,19,22). The Morgan fingerprint density at radius 3 is 3.00 bits per heavy atom. The van der Waals surface area contributed by atoms with E-state index in [2.05, 4.69) is 26.3 Å². The lowest BCUT2D eigenvalue weighted by Gasteiger charge is -2.11. The number of aromatic nitrogens is 3. The van der Waals surface area contributed by atoms with Crippen molar-refractivity contribution in [1.29, 1.82) is 0 Å². The van der Waals surface area contributed by atoms with Crippen LogP contribution in [0.1, 0.15) is 11.3 Å². The van der Waals surface area contributed by atoms with Crippen LogP contribution in [0.3, 0.4) is 0 Å². The number of nitrogens with two attached hydrogens (primary N) is 1. The molecular weight excluding hydrogens is 278 g/mol. The number of H-pyrrole nitrogens is 2. The van der Waals surface area contributed by atoms with Crippen LogP contribution in [0.2, 0.25) is 0 Å². The monoisotopic (exact) mass is 297 g/mol. The zero-order chi connectivity index (χ0) is 15.4. The normalized spacial score (nSPS) is 12.4. The number of nitrogens with one attached hydrogen (secondary N) is 3. The summed E-state index contributed by atoms with van der Waals surface area (Å²) in [6.45, 7) is 0.567. The van der Waals surface area contributed by atoms with Gasteiger partial charge in [-0.1, -0.05) is 18.2 Å². The van der Waals surface area contributed by atoms with Gasteiger partial charge in [0.25, 0.3) is 0 Å². The minimum absolute atomic E-state index is 0.144. The van der Waals surface area contributed by atoms with Crippen molar-refractivity contribution in [3.63, 3.8) is 0 Å². The summed E-state index contributed by atoms with van der Waals surface area (Å²) in [4.78, 5) is 22.1. The second-order valence-electron chi connectivity index (χ2n) is 5.29. The second-order valence-corrected chi connectivity index (χ2v) is 5.29. The summed E-state index contributed by atoms with van der Waals surface area (Å²) in [5.74, 6) is -0.144. The SMILES string of the molecule is NC(Cc1cnc[nH]1)C(=O)NCCc1c[nH]c2ccccc12. The number of rotatable bonds is 6. The number of hydrogen-bond donors (Lipinski definition) is 4. The van der Waals surface area contributed by atoms with Crippen LogP contribution in [0.4, 0.5) is 0 Å². The molecule has 0 aliphatic carbocycles. The fraction of sp³-hybridized carbons (Fsp3) is 0.250. The molecule has 114 valence electrons. The van der Waals surface area contributed by atoms with E-state index in [-0.39, 0.29) is 5.91 Å². The summed E-state index contributed by atoms with van der Waals surface area (Å²) < 4.78 is 0. The number of nitrogens with zero attached hydrogens (tertiary/aromatic N) is 1. The molecule has 1 unspecified atom stereocenters. The quantitative estimate of drug-likeness (QED) is 0.548. The van der Waals surface area contributed by atoms with Crippen molar-refractivity contribution in [3.05, 3.63) is 54.2 Å². The molecule has 0 saturated heterocycles. The first-order valence-corrected chi connectivity index (χ1v) is 7.29. The molecule has 5 N–H and O–H groups in total. The molecule has 1 atom stereocenters. The Bertz CT molecular complexity index is 747. The van der Waals surface area contributed by atoms with E-state index < -0.39 is 6.04 Å². The molecule has 0 radical (unpaired) electrons. The van der Waals surface area contributed by atoms with Crippen molar-refractivity contribution >= 4 is 16.8 Å². The fourth-order valence-corrected chi connectivity index (χ4v) is 2.52. The van der Waals surface area contributed by atoms with Crippen LogP contribution < -0.4 is 11.1 Å². The molecule has 0 fully saturated rings. The highest BCUT2D eigenvalue weighted by atomic mass is 16.2. The molecule has 2 aromatic heterocycles. The minimum atomic E-state index is -0.566. The van der Waals surface area contributed by atoms with Gasteiger partial charge in [-0.15, -0.1) is 0 Å². The van der Waals surface area contributed by atoms with Gasteiger partial charge in [-0.3, -0.25) is 4.79 Å². The molecular formula is C16H19N5O. The van der Waals surface area contributed by atoms with Gasteiger partial charge < -0.3 is 21.0 Å². The summed E-state index contributed by atoms with van der Waals surface area (Å²) in [5, 5.41) is 4.08. The third-order valence-corrected chi connectivity index (χ3v) is 3.70. The highest BCUT2D eigenvalue weighted by Gasteiger charge is 2.14. The van der Waals surface area contributed by atoms with E-state index in [1.165, 1.54) is 10.9 Å². The Hall–Kier alpha value is -2.60. The number of para-hydroxylation sites is 1. The van der Waals surface area contributed by atoms with Crippen LogP contribution in [0, 0.1) is 0 Å². The first-order chi connectivity index (χ1) is 10.7. The van der Waals surface area contributed by atoms with Crippen molar-refractivity contribution in [2.24, 2.45) is 5.73 Å². The lowest BCUT2D eigenvalue weighted by molar-refractivity contribution is -0.122. The second kappa shape index (κ2) is 6.44. The maximum atomic E-state index is 12.0. The minimum Gasteiger partial charge on any atom is -0.361 e. The van der Waals surface area contributed by atoms with Gasteiger partial charge in [0.1, 0.15) is 0 Å². The molecule has 0 aliphatic heterocycles. The highest BCUT2D eigenvalue weighted by molar-refractivity contribution is 5.83.